The van der Waals surface area contributed by atoms with Gasteiger partial charge in [0.15, 0.2) is 11.6 Å². The van der Waals surface area contributed by atoms with E-state index in [1.807, 2.05) is 81.4 Å². The first kappa shape index (κ1) is 41.8. The van der Waals surface area contributed by atoms with E-state index in [4.69, 9.17) is 24.5 Å². The molecule has 0 aliphatic heterocycles. The average molecular weight is 912 g/mol. The first-order valence-corrected chi connectivity index (χ1v) is 24.0. The van der Waals surface area contributed by atoms with Crippen LogP contribution in [0.3, 0.4) is 0 Å². The van der Waals surface area contributed by atoms with Gasteiger partial charge in [0.25, 0.3) is 0 Å². The van der Waals surface area contributed by atoms with Crippen molar-refractivity contribution in [2.45, 2.75) is 64.9 Å². The molecule has 13 rings (SSSR count). The summed E-state index contributed by atoms with van der Waals surface area (Å²) in [6.45, 7) is 14.7. The van der Waals surface area contributed by atoms with E-state index in [1.54, 1.807) is 4.73 Å². The molecular formula is C62H49N5O3. The van der Waals surface area contributed by atoms with Gasteiger partial charge in [-0.15, -0.1) is 0 Å². The Bertz CT molecular complexity index is 3950. The lowest BCUT2D eigenvalue weighted by Gasteiger charge is -2.26. The van der Waals surface area contributed by atoms with Gasteiger partial charge in [0.05, 0.1) is 22.1 Å². The summed E-state index contributed by atoms with van der Waals surface area (Å²) in [6, 6.07) is 59.8. The van der Waals surface area contributed by atoms with E-state index >= 15 is 0 Å². The largest absolute Gasteiger partial charge is 0.534 e. The Morgan fingerprint density at radius 3 is 1.73 bits per heavy atom. The Morgan fingerprint density at radius 2 is 1.06 bits per heavy atom. The number of hydrogen-bond donors (Lipinski definition) is 0. The topological polar surface area (TPSA) is 84.1 Å². The maximum atomic E-state index is 13.7. The molecule has 0 saturated heterocycles. The maximum Gasteiger partial charge on any atom is 0.534 e. The second-order valence-corrected chi connectivity index (χ2v) is 20.8. The molecule has 0 saturated carbocycles. The lowest BCUT2D eigenvalue weighted by Crippen LogP contribution is -2.29. The van der Waals surface area contributed by atoms with Gasteiger partial charge in [-0.05, 0) is 107 Å². The Kier molecular flexibility index (Phi) is 8.85. The SMILES string of the molecule is CC(C)(C)OC(=O)On1c2ccc(-c3c4c(cc5c6ccccc6n(-c6nc(-c7ccccc7)nc(-c7ccccc7)n6)c35)-c3ccccc3C4(C)C)cc2c2cc3c(cc21)C(C)(C)c1ccccc1-3. The number of rotatable bonds is 5. The number of benzene rings is 8. The van der Waals surface area contributed by atoms with Crippen LogP contribution in [0, 0.1) is 0 Å². The van der Waals surface area contributed by atoms with Crippen LogP contribution in [0.5, 0.6) is 0 Å². The molecule has 11 aromatic rings. The van der Waals surface area contributed by atoms with Crippen LogP contribution in [0.2, 0.25) is 0 Å². The molecule has 70 heavy (non-hydrogen) atoms. The summed E-state index contributed by atoms with van der Waals surface area (Å²) < 4.78 is 9.72. The summed E-state index contributed by atoms with van der Waals surface area (Å²) in [5.74, 6) is 1.69. The quantitative estimate of drug-likeness (QED) is 0.160. The monoisotopic (exact) mass is 911 g/mol. The average Bonchev–Trinajstić information content (AvgIpc) is 4.01. The minimum atomic E-state index is -0.771. The molecule has 340 valence electrons. The van der Waals surface area contributed by atoms with Crippen molar-refractivity contribution in [3.63, 3.8) is 0 Å². The van der Waals surface area contributed by atoms with Crippen LogP contribution in [0.15, 0.2) is 170 Å². The number of aromatic nitrogens is 5. The second kappa shape index (κ2) is 14.8. The van der Waals surface area contributed by atoms with Gasteiger partial charge in [0, 0.05) is 49.1 Å². The zero-order valence-corrected chi connectivity index (χ0v) is 40.1. The van der Waals surface area contributed by atoms with Gasteiger partial charge in [0.2, 0.25) is 5.95 Å². The normalized spacial score (nSPS) is 14.2. The first-order chi connectivity index (χ1) is 33.8. The Balaban J connectivity index is 1.16. The molecule has 2 aliphatic carbocycles. The van der Waals surface area contributed by atoms with Crippen molar-refractivity contribution in [1.29, 1.82) is 0 Å². The van der Waals surface area contributed by atoms with Gasteiger partial charge in [-0.2, -0.15) is 14.7 Å². The third kappa shape index (κ3) is 6.15. The first-order valence-electron chi connectivity index (χ1n) is 24.0. The summed E-state index contributed by atoms with van der Waals surface area (Å²) in [5.41, 5.74) is 15.7. The van der Waals surface area contributed by atoms with Crippen LogP contribution < -0.4 is 4.84 Å². The molecule has 0 atom stereocenters. The third-order valence-corrected chi connectivity index (χ3v) is 14.6. The summed E-state index contributed by atoms with van der Waals surface area (Å²) in [4.78, 5) is 35.8. The van der Waals surface area contributed by atoms with E-state index in [0.717, 1.165) is 65.9 Å². The van der Waals surface area contributed by atoms with Crippen LogP contribution in [0.1, 0.15) is 70.7 Å². The van der Waals surface area contributed by atoms with Crippen molar-refractivity contribution in [3.05, 3.63) is 192 Å². The molecule has 0 amide bonds. The van der Waals surface area contributed by atoms with Crippen LogP contribution in [-0.2, 0) is 15.6 Å². The molecule has 8 heteroatoms. The molecule has 8 aromatic carbocycles. The fraction of sp³-hybridized carbons (Fsp3) is 0.161. The number of fused-ring (bicyclic) bond motifs is 12. The van der Waals surface area contributed by atoms with Gasteiger partial charge in [0.1, 0.15) is 5.60 Å². The highest BCUT2D eigenvalue weighted by Gasteiger charge is 2.41. The van der Waals surface area contributed by atoms with E-state index in [9.17, 15) is 4.79 Å². The summed E-state index contributed by atoms with van der Waals surface area (Å²) >= 11 is 0. The van der Waals surface area contributed by atoms with Gasteiger partial charge in [-0.25, -0.2) is 9.78 Å². The highest BCUT2D eigenvalue weighted by molar-refractivity contribution is 6.19. The molecule has 0 radical (unpaired) electrons. The number of carbonyl (C=O) groups excluding carboxylic acids is 1. The number of carbonyl (C=O) groups is 1. The van der Waals surface area contributed by atoms with Gasteiger partial charge in [-0.1, -0.05) is 161 Å². The molecule has 0 fully saturated rings. The van der Waals surface area contributed by atoms with Crippen molar-refractivity contribution in [2.75, 3.05) is 0 Å². The standard InChI is InChI=1S/C62H49N5O3/c1-60(2,3)69-59(68)70-67-51-31-30-38(32-43(51)44-33-42-39-24-14-17-27-47(39)61(4,5)49(42)35-52(44)67)53-54-45(40-25-15-18-28-48(40)62(54,6)7)34-46-41-26-16-19-29-50(41)66(55(46)53)58-64-56(36-20-10-8-11-21-36)63-57(65-58)37-22-12-9-13-23-37/h8-35H,1-7H3. The van der Waals surface area contributed by atoms with Crippen molar-refractivity contribution >= 4 is 49.8 Å². The van der Waals surface area contributed by atoms with Crippen molar-refractivity contribution in [2.24, 2.45) is 0 Å². The lowest BCUT2D eigenvalue weighted by atomic mass is 9.78. The predicted octanol–water partition coefficient (Wildman–Crippen LogP) is 15.1. The summed E-state index contributed by atoms with van der Waals surface area (Å²) in [7, 11) is 0. The lowest BCUT2D eigenvalue weighted by molar-refractivity contribution is -0.00688. The van der Waals surface area contributed by atoms with Crippen molar-refractivity contribution < 1.29 is 14.4 Å². The number of hydrogen-bond acceptors (Lipinski definition) is 6. The molecular weight excluding hydrogens is 863 g/mol. The van der Waals surface area contributed by atoms with E-state index in [1.165, 1.54) is 44.5 Å². The predicted molar refractivity (Wildman–Crippen MR) is 281 cm³/mol. The second-order valence-electron chi connectivity index (χ2n) is 20.8. The highest BCUT2D eigenvalue weighted by atomic mass is 16.8. The fourth-order valence-corrected chi connectivity index (χ4v) is 11.5. The zero-order valence-electron chi connectivity index (χ0n) is 40.1. The Labute approximate surface area is 405 Å². The molecule has 3 heterocycles. The number of nitrogens with zero attached hydrogens (tertiary/aromatic N) is 5. The van der Waals surface area contributed by atoms with E-state index in [2.05, 4.69) is 141 Å². The Hall–Kier alpha value is -8.36. The van der Waals surface area contributed by atoms with Crippen molar-refractivity contribution in [3.8, 4) is 62.1 Å². The van der Waals surface area contributed by atoms with Crippen LogP contribution >= 0.6 is 0 Å². The zero-order chi connectivity index (χ0) is 47.8. The molecule has 0 N–H and O–H groups in total. The van der Waals surface area contributed by atoms with Crippen LogP contribution in [0.4, 0.5) is 4.79 Å². The van der Waals surface area contributed by atoms with Gasteiger partial charge >= 0.3 is 6.16 Å². The number of ether oxygens (including phenoxy) is 1. The number of para-hydroxylation sites is 1. The fourth-order valence-electron chi connectivity index (χ4n) is 11.5. The molecule has 0 spiro atoms. The van der Waals surface area contributed by atoms with Gasteiger partial charge in [-0.3, -0.25) is 4.57 Å². The van der Waals surface area contributed by atoms with Crippen molar-refractivity contribution in [1.82, 2.24) is 24.2 Å². The van der Waals surface area contributed by atoms with E-state index < -0.39 is 17.2 Å². The van der Waals surface area contributed by atoms with E-state index in [0.29, 0.717) is 17.6 Å². The molecule has 3 aromatic heterocycles. The summed E-state index contributed by atoms with van der Waals surface area (Å²) in [6.07, 6.45) is -0.771. The molecule has 2 aliphatic rings. The van der Waals surface area contributed by atoms with E-state index in [-0.39, 0.29) is 5.41 Å². The van der Waals surface area contributed by atoms with Crippen LogP contribution in [-0.4, -0.2) is 36.0 Å². The third-order valence-electron chi connectivity index (χ3n) is 14.6. The van der Waals surface area contributed by atoms with Crippen LogP contribution in [0.25, 0.3) is 106 Å². The summed E-state index contributed by atoms with van der Waals surface area (Å²) in [5, 5.41) is 4.09. The Morgan fingerprint density at radius 1 is 0.486 bits per heavy atom. The molecule has 0 unspecified atom stereocenters. The molecule has 8 nitrogen and oxygen atoms in total. The highest BCUT2D eigenvalue weighted by Crippen LogP contribution is 2.57. The van der Waals surface area contributed by atoms with Gasteiger partial charge < -0.3 is 9.57 Å². The maximum absolute atomic E-state index is 13.7. The minimum absolute atomic E-state index is 0.279. The molecule has 0 bridgehead atoms. The minimum Gasteiger partial charge on any atom is -0.427 e. The smallest absolute Gasteiger partial charge is 0.427 e.